The first-order valence-corrected chi connectivity index (χ1v) is 19.5. The number of benzene rings is 9. The molecule has 0 spiro atoms. The Labute approximate surface area is 322 Å². The van der Waals surface area contributed by atoms with Crippen molar-refractivity contribution in [1.82, 2.24) is 0 Å². The Morgan fingerprint density at radius 1 is 0.345 bits per heavy atom. The summed E-state index contributed by atoms with van der Waals surface area (Å²) in [6.07, 6.45) is 0. The highest BCUT2D eigenvalue weighted by Gasteiger charge is 2.18. The SMILES string of the molecule is c1cc(-c2cccc3oc4ccccc4c23)cc(N(c2ccc(-c3ccc4ccccc4c3)cc2)c2cccc(-c3cccc4sc5ccccc5c34)c2)c1. The number of thiophene rings is 1. The average molecular weight is 720 g/mol. The number of para-hydroxylation sites is 1. The molecule has 0 unspecified atom stereocenters. The second-order valence-electron chi connectivity index (χ2n) is 14.1. The van der Waals surface area contributed by atoms with Crippen LogP contribution >= 0.6 is 11.3 Å². The van der Waals surface area contributed by atoms with Gasteiger partial charge in [0.1, 0.15) is 11.2 Å². The molecule has 0 saturated heterocycles. The molecule has 0 aliphatic rings. The van der Waals surface area contributed by atoms with Gasteiger partial charge in [0.05, 0.1) is 0 Å². The minimum atomic E-state index is 0.896. The van der Waals surface area contributed by atoms with Crippen molar-refractivity contribution in [2.75, 3.05) is 4.90 Å². The van der Waals surface area contributed by atoms with Crippen LogP contribution in [0, 0.1) is 0 Å². The molecule has 0 N–H and O–H groups in total. The van der Waals surface area contributed by atoms with E-state index in [2.05, 4.69) is 193 Å². The van der Waals surface area contributed by atoms with Crippen molar-refractivity contribution >= 4 is 81.3 Å². The molecule has 0 aliphatic carbocycles. The lowest BCUT2D eigenvalue weighted by atomic mass is 9.97. The Hall–Kier alpha value is -6.94. The summed E-state index contributed by atoms with van der Waals surface area (Å²) < 4.78 is 8.92. The quantitative estimate of drug-likeness (QED) is 0.170. The highest BCUT2D eigenvalue weighted by molar-refractivity contribution is 7.25. The maximum Gasteiger partial charge on any atom is 0.136 e. The molecule has 0 amide bonds. The lowest BCUT2D eigenvalue weighted by molar-refractivity contribution is 0.669. The second kappa shape index (κ2) is 12.9. The summed E-state index contributed by atoms with van der Waals surface area (Å²) in [6.45, 7) is 0. The van der Waals surface area contributed by atoms with Crippen molar-refractivity contribution < 1.29 is 4.42 Å². The number of fused-ring (bicyclic) bond motifs is 7. The summed E-state index contributed by atoms with van der Waals surface area (Å²) in [4.78, 5) is 2.39. The van der Waals surface area contributed by atoms with Gasteiger partial charge in [0.25, 0.3) is 0 Å². The van der Waals surface area contributed by atoms with E-state index in [4.69, 9.17) is 4.42 Å². The fourth-order valence-corrected chi connectivity index (χ4v) is 9.41. The molecule has 9 aromatic carbocycles. The van der Waals surface area contributed by atoms with Crippen molar-refractivity contribution in [3.05, 3.63) is 200 Å². The molecule has 2 aromatic heterocycles. The van der Waals surface area contributed by atoms with E-state index in [1.54, 1.807) is 0 Å². The number of anilines is 3. The third-order valence-electron chi connectivity index (χ3n) is 10.8. The largest absolute Gasteiger partial charge is 0.456 e. The van der Waals surface area contributed by atoms with Gasteiger partial charge in [-0.3, -0.25) is 0 Å². The minimum Gasteiger partial charge on any atom is -0.456 e. The molecule has 0 radical (unpaired) electrons. The van der Waals surface area contributed by atoms with E-state index in [-0.39, 0.29) is 0 Å². The summed E-state index contributed by atoms with van der Waals surface area (Å²) in [7, 11) is 0. The third kappa shape index (κ3) is 5.40. The topological polar surface area (TPSA) is 16.4 Å². The first-order chi connectivity index (χ1) is 27.2. The normalized spacial score (nSPS) is 11.6. The van der Waals surface area contributed by atoms with Crippen LogP contribution in [0.1, 0.15) is 0 Å². The van der Waals surface area contributed by atoms with Crippen molar-refractivity contribution in [2.45, 2.75) is 0 Å². The van der Waals surface area contributed by atoms with Gasteiger partial charge in [-0.1, -0.05) is 133 Å². The summed E-state index contributed by atoms with van der Waals surface area (Å²) in [6, 6.07) is 72.3. The molecule has 11 aromatic rings. The maximum atomic E-state index is 6.30. The number of furan rings is 1. The van der Waals surface area contributed by atoms with Crippen molar-refractivity contribution in [2.24, 2.45) is 0 Å². The predicted octanol–water partition coefficient (Wildman–Crippen LogP) is 15.6. The number of hydrogen-bond donors (Lipinski definition) is 0. The zero-order valence-corrected chi connectivity index (χ0v) is 30.6. The van der Waals surface area contributed by atoms with Gasteiger partial charge in [0, 0.05) is 48.0 Å². The van der Waals surface area contributed by atoms with Crippen LogP contribution in [0.3, 0.4) is 0 Å². The minimum absolute atomic E-state index is 0.896. The van der Waals surface area contributed by atoms with Crippen molar-refractivity contribution in [3.8, 4) is 33.4 Å². The average Bonchev–Trinajstić information content (AvgIpc) is 3.83. The standard InChI is InChI=1S/C52H33NOS/c1-2-12-36-31-37(26-25-34(36)11-1)35-27-29-40(30-28-35)53(41-15-7-13-38(32-41)43-19-9-22-48-51(43)45-17-3-5-21-47(45)54-48)42-16-8-14-39(33-42)44-20-10-24-50-52(44)46-18-4-6-23-49(46)55-50/h1-33H. The van der Waals surface area contributed by atoms with Crippen LogP contribution < -0.4 is 4.90 Å². The summed E-state index contributed by atoms with van der Waals surface area (Å²) in [5, 5.41) is 7.38. The van der Waals surface area contributed by atoms with Crippen LogP contribution in [0.25, 0.3) is 86.3 Å². The summed E-state index contributed by atoms with van der Waals surface area (Å²) >= 11 is 1.86. The fraction of sp³-hybridized carbons (Fsp3) is 0. The molecule has 55 heavy (non-hydrogen) atoms. The molecule has 11 rings (SSSR count). The smallest absolute Gasteiger partial charge is 0.136 e. The molecule has 2 heterocycles. The van der Waals surface area contributed by atoms with Crippen LogP contribution in [-0.2, 0) is 0 Å². The zero-order valence-electron chi connectivity index (χ0n) is 29.8. The van der Waals surface area contributed by atoms with Crippen LogP contribution in [0.5, 0.6) is 0 Å². The lowest BCUT2D eigenvalue weighted by Crippen LogP contribution is -2.10. The Morgan fingerprint density at radius 3 is 1.75 bits per heavy atom. The van der Waals surface area contributed by atoms with Gasteiger partial charge < -0.3 is 9.32 Å². The Kier molecular flexibility index (Phi) is 7.39. The first-order valence-electron chi connectivity index (χ1n) is 18.7. The lowest BCUT2D eigenvalue weighted by Gasteiger charge is -2.27. The van der Waals surface area contributed by atoms with Gasteiger partial charge in [0.2, 0.25) is 0 Å². The highest BCUT2D eigenvalue weighted by Crippen LogP contribution is 2.44. The Morgan fingerprint density at radius 2 is 0.945 bits per heavy atom. The molecule has 0 atom stereocenters. The second-order valence-corrected chi connectivity index (χ2v) is 15.2. The first kappa shape index (κ1) is 31.6. The van der Waals surface area contributed by atoms with E-state index in [0.29, 0.717) is 0 Å². The van der Waals surface area contributed by atoms with Gasteiger partial charge >= 0.3 is 0 Å². The summed E-state index contributed by atoms with van der Waals surface area (Å²) in [5.74, 6) is 0. The van der Waals surface area contributed by atoms with Gasteiger partial charge in [-0.15, -0.1) is 11.3 Å². The molecule has 0 aliphatic heterocycles. The van der Waals surface area contributed by atoms with Crippen LogP contribution in [0.2, 0.25) is 0 Å². The van der Waals surface area contributed by atoms with Gasteiger partial charge in [-0.05, 0) is 111 Å². The molecule has 3 heteroatoms. The molecule has 0 saturated carbocycles. The zero-order chi connectivity index (χ0) is 36.3. The van der Waals surface area contributed by atoms with Crippen LogP contribution in [-0.4, -0.2) is 0 Å². The van der Waals surface area contributed by atoms with Crippen LogP contribution in [0.4, 0.5) is 17.1 Å². The van der Waals surface area contributed by atoms with E-state index in [1.807, 2.05) is 23.5 Å². The number of nitrogens with zero attached hydrogens (tertiary/aromatic N) is 1. The van der Waals surface area contributed by atoms with E-state index >= 15 is 0 Å². The van der Waals surface area contributed by atoms with Crippen LogP contribution in [0.15, 0.2) is 205 Å². The highest BCUT2D eigenvalue weighted by atomic mass is 32.1. The van der Waals surface area contributed by atoms with Gasteiger partial charge in [-0.25, -0.2) is 0 Å². The molecular formula is C52H33NOS. The van der Waals surface area contributed by atoms with Crippen molar-refractivity contribution in [3.63, 3.8) is 0 Å². The maximum absolute atomic E-state index is 6.30. The molecular weight excluding hydrogens is 687 g/mol. The predicted molar refractivity (Wildman–Crippen MR) is 235 cm³/mol. The van der Waals surface area contributed by atoms with E-state index < -0.39 is 0 Å². The number of rotatable bonds is 6. The van der Waals surface area contributed by atoms with E-state index in [0.717, 1.165) is 50.1 Å². The molecule has 2 nitrogen and oxygen atoms in total. The Bertz CT molecular complexity index is 3070. The molecule has 258 valence electrons. The van der Waals surface area contributed by atoms with Gasteiger partial charge in [0.15, 0.2) is 0 Å². The van der Waals surface area contributed by atoms with E-state index in [1.165, 1.54) is 53.2 Å². The monoisotopic (exact) mass is 719 g/mol. The van der Waals surface area contributed by atoms with Gasteiger partial charge in [-0.2, -0.15) is 0 Å². The Balaban J connectivity index is 1.07. The fourth-order valence-electron chi connectivity index (χ4n) is 8.27. The summed E-state index contributed by atoms with van der Waals surface area (Å²) in [5.41, 5.74) is 12.2. The molecule has 0 bridgehead atoms. The molecule has 0 fully saturated rings. The van der Waals surface area contributed by atoms with E-state index in [9.17, 15) is 0 Å². The number of hydrogen-bond acceptors (Lipinski definition) is 3. The van der Waals surface area contributed by atoms with Crippen molar-refractivity contribution in [1.29, 1.82) is 0 Å². The third-order valence-corrected chi connectivity index (χ3v) is 12.0.